The average molecular weight is 350 g/mol. The van der Waals surface area contributed by atoms with Gasteiger partial charge in [0.1, 0.15) is 5.75 Å². The first-order valence-electron chi connectivity index (χ1n) is 6.39. The minimum absolute atomic E-state index is 0.0238. The molecule has 0 aliphatic carbocycles. The molecule has 0 radical (unpaired) electrons. The standard InChI is InChI=1S/C13H10N4O6S/c18-12(8-23-10-3-1-9(2-4-10)16(19)20)15-14-7-11-5-6-13(24-11)17(21)22/h1-7H,8H2,(H,15,18)/b14-7+. The summed E-state index contributed by atoms with van der Waals surface area (Å²) in [6.45, 7) is -0.334. The number of nitrogens with zero attached hydrogens (tertiary/aromatic N) is 3. The van der Waals surface area contributed by atoms with Crippen LogP contribution in [0.2, 0.25) is 0 Å². The summed E-state index contributed by atoms with van der Waals surface area (Å²) in [6.07, 6.45) is 1.28. The second-order valence-corrected chi connectivity index (χ2v) is 5.36. The van der Waals surface area contributed by atoms with Crippen LogP contribution < -0.4 is 10.2 Å². The fourth-order valence-electron chi connectivity index (χ4n) is 1.52. The lowest BCUT2D eigenvalue weighted by atomic mass is 10.3. The van der Waals surface area contributed by atoms with Crippen LogP contribution in [0.15, 0.2) is 41.5 Å². The first kappa shape index (κ1) is 17.0. The molecule has 0 atom stereocenters. The highest BCUT2D eigenvalue weighted by Crippen LogP contribution is 2.22. The number of hydrazone groups is 1. The van der Waals surface area contributed by atoms with E-state index in [2.05, 4.69) is 10.5 Å². The lowest BCUT2D eigenvalue weighted by Crippen LogP contribution is -2.24. The number of nitro benzene ring substituents is 1. The molecule has 0 aliphatic rings. The third-order valence-electron chi connectivity index (χ3n) is 2.59. The van der Waals surface area contributed by atoms with Gasteiger partial charge in [0.05, 0.1) is 20.9 Å². The van der Waals surface area contributed by atoms with Crippen molar-refractivity contribution in [2.24, 2.45) is 5.10 Å². The maximum atomic E-state index is 11.5. The zero-order valence-electron chi connectivity index (χ0n) is 11.9. The van der Waals surface area contributed by atoms with Crippen molar-refractivity contribution in [3.8, 4) is 5.75 Å². The monoisotopic (exact) mass is 350 g/mol. The molecule has 1 heterocycles. The van der Waals surface area contributed by atoms with Crippen LogP contribution in [-0.4, -0.2) is 28.6 Å². The molecular weight excluding hydrogens is 340 g/mol. The number of carbonyl (C=O) groups excluding carboxylic acids is 1. The van der Waals surface area contributed by atoms with Crippen LogP contribution >= 0.6 is 11.3 Å². The molecule has 0 spiro atoms. The molecule has 1 aromatic heterocycles. The van der Waals surface area contributed by atoms with E-state index < -0.39 is 15.8 Å². The number of hydrogen-bond donors (Lipinski definition) is 1. The Hall–Kier alpha value is -3.34. The number of carbonyl (C=O) groups is 1. The van der Waals surface area contributed by atoms with E-state index in [-0.39, 0.29) is 17.3 Å². The van der Waals surface area contributed by atoms with Gasteiger partial charge in [0.15, 0.2) is 6.61 Å². The van der Waals surface area contributed by atoms with E-state index in [1.54, 1.807) is 0 Å². The van der Waals surface area contributed by atoms with Gasteiger partial charge in [0.2, 0.25) is 0 Å². The molecule has 2 aromatic rings. The predicted octanol–water partition coefficient (Wildman–Crippen LogP) is 2.09. The van der Waals surface area contributed by atoms with Gasteiger partial charge in [-0.3, -0.25) is 25.0 Å². The Morgan fingerprint density at radius 1 is 1.17 bits per heavy atom. The Morgan fingerprint density at radius 2 is 1.88 bits per heavy atom. The van der Waals surface area contributed by atoms with Gasteiger partial charge in [0.25, 0.3) is 11.6 Å². The van der Waals surface area contributed by atoms with E-state index >= 15 is 0 Å². The van der Waals surface area contributed by atoms with Crippen molar-refractivity contribution in [1.82, 2.24) is 5.43 Å². The van der Waals surface area contributed by atoms with Gasteiger partial charge in [-0.15, -0.1) is 0 Å². The van der Waals surface area contributed by atoms with E-state index in [0.29, 0.717) is 10.6 Å². The van der Waals surface area contributed by atoms with Crippen LogP contribution in [0.3, 0.4) is 0 Å². The van der Waals surface area contributed by atoms with Gasteiger partial charge in [-0.2, -0.15) is 5.10 Å². The van der Waals surface area contributed by atoms with Gasteiger partial charge in [-0.1, -0.05) is 11.3 Å². The van der Waals surface area contributed by atoms with Crippen LogP contribution in [0.5, 0.6) is 5.75 Å². The largest absolute Gasteiger partial charge is 0.484 e. The predicted molar refractivity (Wildman–Crippen MR) is 85.3 cm³/mol. The normalized spacial score (nSPS) is 10.5. The molecule has 124 valence electrons. The molecule has 0 aliphatic heterocycles. The second kappa shape index (κ2) is 7.78. The molecule has 0 bridgehead atoms. The Kier molecular flexibility index (Phi) is 5.52. The molecule has 2 rings (SSSR count). The number of hydrogen-bond acceptors (Lipinski definition) is 8. The summed E-state index contributed by atoms with van der Waals surface area (Å²) in [7, 11) is 0. The third-order valence-corrected chi connectivity index (χ3v) is 3.56. The van der Waals surface area contributed by atoms with Crippen molar-refractivity contribution >= 4 is 34.1 Å². The number of ether oxygens (including phenoxy) is 1. The molecule has 0 saturated carbocycles. The maximum Gasteiger partial charge on any atom is 0.324 e. The average Bonchev–Trinajstić information content (AvgIpc) is 3.02. The second-order valence-electron chi connectivity index (χ2n) is 4.27. The fraction of sp³-hybridized carbons (Fsp3) is 0.0769. The number of rotatable bonds is 7. The molecule has 0 fully saturated rings. The SMILES string of the molecule is O=C(COc1ccc([N+](=O)[O-])cc1)N/N=C/c1ccc([N+](=O)[O-])s1. The number of nitro groups is 2. The van der Waals surface area contributed by atoms with Gasteiger partial charge in [-0.05, 0) is 18.2 Å². The zero-order chi connectivity index (χ0) is 17.5. The number of amides is 1. The summed E-state index contributed by atoms with van der Waals surface area (Å²) in [5, 5.41) is 24.7. The van der Waals surface area contributed by atoms with Crippen LogP contribution in [0.4, 0.5) is 10.7 Å². The van der Waals surface area contributed by atoms with E-state index in [9.17, 15) is 25.0 Å². The topological polar surface area (TPSA) is 137 Å². The molecule has 24 heavy (non-hydrogen) atoms. The Labute approximate surface area is 138 Å². The summed E-state index contributed by atoms with van der Waals surface area (Å²) >= 11 is 0.921. The van der Waals surface area contributed by atoms with E-state index in [4.69, 9.17) is 4.74 Å². The molecule has 1 amide bonds. The van der Waals surface area contributed by atoms with Crippen molar-refractivity contribution in [3.05, 3.63) is 61.5 Å². The highest BCUT2D eigenvalue weighted by Gasteiger charge is 2.08. The third kappa shape index (κ3) is 4.84. The van der Waals surface area contributed by atoms with Crippen LogP contribution in [0, 0.1) is 20.2 Å². The number of nitrogens with one attached hydrogen (secondary N) is 1. The minimum Gasteiger partial charge on any atom is -0.484 e. The molecular formula is C13H10N4O6S. The highest BCUT2D eigenvalue weighted by atomic mass is 32.1. The summed E-state index contributed by atoms with van der Waals surface area (Å²) in [4.78, 5) is 32.0. The molecule has 10 nitrogen and oxygen atoms in total. The maximum absolute atomic E-state index is 11.5. The van der Waals surface area contributed by atoms with E-state index in [1.165, 1.54) is 42.6 Å². The molecule has 1 aromatic carbocycles. The Morgan fingerprint density at radius 3 is 2.46 bits per heavy atom. The molecule has 11 heteroatoms. The first-order chi connectivity index (χ1) is 11.5. The lowest BCUT2D eigenvalue weighted by molar-refractivity contribution is -0.384. The van der Waals surface area contributed by atoms with Crippen LogP contribution in [0.1, 0.15) is 4.88 Å². The summed E-state index contributed by atoms with van der Waals surface area (Å²) < 4.78 is 5.15. The Balaban J connectivity index is 1.79. The van der Waals surface area contributed by atoms with Crippen LogP contribution in [0.25, 0.3) is 0 Å². The number of benzene rings is 1. The van der Waals surface area contributed by atoms with Crippen molar-refractivity contribution in [2.45, 2.75) is 0 Å². The van der Waals surface area contributed by atoms with Gasteiger partial charge in [0, 0.05) is 18.2 Å². The zero-order valence-corrected chi connectivity index (χ0v) is 12.8. The summed E-state index contributed by atoms with van der Waals surface area (Å²) in [5.41, 5.74) is 2.12. The summed E-state index contributed by atoms with van der Waals surface area (Å²) in [6, 6.07) is 8.11. The highest BCUT2D eigenvalue weighted by molar-refractivity contribution is 7.16. The van der Waals surface area contributed by atoms with Crippen molar-refractivity contribution in [1.29, 1.82) is 0 Å². The minimum atomic E-state index is -0.546. The van der Waals surface area contributed by atoms with Gasteiger partial charge >= 0.3 is 5.00 Å². The molecule has 0 unspecified atom stereocenters. The lowest BCUT2D eigenvalue weighted by Gasteiger charge is -2.04. The molecule has 0 saturated heterocycles. The quantitative estimate of drug-likeness (QED) is 0.461. The Bertz CT molecular complexity index is 786. The number of thiophene rings is 1. The van der Waals surface area contributed by atoms with Crippen molar-refractivity contribution in [2.75, 3.05) is 6.61 Å². The van der Waals surface area contributed by atoms with E-state index in [0.717, 1.165) is 11.3 Å². The van der Waals surface area contributed by atoms with Crippen LogP contribution in [-0.2, 0) is 4.79 Å². The van der Waals surface area contributed by atoms with Gasteiger partial charge < -0.3 is 4.74 Å². The number of non-ortho nitro benzene ring substituents is 1. The fourth-order valence-corrected chi connectivity index (χ4v) is 2.22. The van der Waals surface area contributed by atoms with Crippen molar-refractivity contribution in [3.63, 3.8) is 0 Å². The van der Waals surface area contributed by atoms with Gasteiger partial charge in [-0.25, -0.2) is 5.43 Å². The molecule has 1 N–H and O–H groups in total. The smallest absolute Gasteiger partial charge is 0.324 e. The first-order valence-corrected chi connectivity index (χ1v) is 7.21. The summed E-state index contributed by atoms with van der Waals surface area (Å²) in [5.74, 6) is -0.246. The van der Waals surface area contributed by atoms with E-state index in [1.807, 2.05) is 0 Å². The van der Waals surface area contributed by atoms with Crippen molar-refractivity contribution < 1.29 is 19.4 Å².